The topological polar surface area (TPSA) is 72.2 Å². The third kappa shape index (κ3) is 3.56. The van der Waals surface area contributed by atoms with E-state index in [0.717, 1.165) is 25.0 Å². The summed E-state index contributed by atoms with van der Waals surface area (Å²) in [6.07, 6.45) is 4.43. The first kappa shape index (κ1) is 16.7. The fourth-order valence-corrected chi connectivity index (χ4v) is 5.01. The van der Waals surface area contributed by atoms with E-state index in [-0.39, 0.29) is 23.4 Å². The molecule has 1 aliphatic carbocycles. The molecule has 0 amide bonds. The molecular formula is C13H18F2N2O2S2. The lowest BCUT2D eigenvalue weighted by Gasteiger charge is -2.19. The molecule has 1 aromatic rings. The quantitative estimate of drug-likeness (QED) is 0.862. The van der Waals surface area contributed by atoms with Crippen LogP contribution in [0.4, 0.5) is 8.78 Å². The molecule has 3 N–H and O–H groups in total. The Bertz CT molecular complexity index is 623. The number of nitrogens with one attached hydrogen (secondary N) is 1. The molecule has 1 saturated carbocycles. The largest absolute Gasteiger partial charge is 0.326 e. The normalized spacial score (nSPS) is 22.7. The van der Waals surface area contributed by atoms with Crippen LogP contribution in [0.25, 0.3) is 0 Å². The Kier molecular flexibility index (Phi) is 5.24. The van der Waals surface area contributed by atoms with Crippen molar-refractivity contribution in [3.63, 3.8) is 0 Å². The van der Waals surface area contributed by atoms with Gasteiger partial charge in [-0.05, 0) is 36.8 Å². The van der Waals surface area contributed by atoms with Gasteiger partial charge in [0.1, 0.15) is 4.90 Å². The average Bonchev–Trinajstić information content (AvgIpc) is 2.87. The Hall–Kier alpha value is -0.700. The number of thioether (sulfide) groups is 1. The van der Waals surface area contributed by atoms with Gasteiger partial charge >= 0.3 is 0 Å². The zero-order chi connectivity index (χ0) is 15.6. The highest BCUT2D eigenvalue weighted by atomic mass is 32.2. The predicted molar refractivity (Wildman–Crippen MR) is 79.5 cm³/mol. The van der Waals surface area contributed by atoms with Crippen LogP contribution in [0.2, 0.25) is 0 Å². The summed E-state index contributed by atoms with van der Waals surface area (Å²) in [4.78, 5) is -0.672. The van der Waals surface area contributed by atoms with Crippen molar-refractivity contribution in [1.82, 2.24) is 4.72 Å². The molecule has 8 heteroatoms. The van der Waals surface area contributed by atoms with Gasteiger partial charge in [0, 0.05) is 17.8 Å². The van der Waals surface area contributed by atoms with E-state index in [4.69, 9.17) is 5.73 Å². The number of sulfonamides is 1. The van der Waals surface area contributed by atoms with Crippen molar-refractivity contribution < 1.29 is 17.2 Å². The molecule has 118 valence electrons. The highest BCUT2D eigenvalue weighted by Gasteiger charge is 2.32. The molecule has 4 nitrogen and oxygen atoms in total. The van der Waals surface area contributed by atoms with E-state index in [1.165, 1.54) is 0 Å². The van der Waals surface area contributed by atoms with Gasteiger partial charge in [-0.1, -0.05) is 6.42 Å². The first-order chi connectivity index (χ1) is 9.89. The van der Waals surface area contributed by atoms with E-state index in [0.29, 0.717) is 6.42 Å². The van der Waals surface area contributed by atoms with Gasteiger partial charge < -0.3 is 5.73 Å². The molecule has 2 unspecified atom stereocenters. The van der Waals surface area contributed by atoms with Crippen LogP contribution >= 0.6 is 11.8 Å². The number of benzene rings is 1. The lowest BCUT2D eigenvalue weighted by molar-refractivity contribution is 0.479. The molecule has 1 aliphatic rings. The minimum Gasteiger partial charge on any atom is -0.326 e. The highest BCUT2D eigenvalue weighted by Crippen LogP contribution is 2.30. The predicted octanol–water partition coefficient (Wildman–Crippen LogP) is 1.99. The second-order valence-electron chi connectivity index (χ2n) is 5.03. The summed E-state index contributed by atoms with van der Waals surface area (Å²) in [5, 5.41) is 0.158. The summed E-state index contributed by atoms with van der Waals surface area (Å²) in [6, 6.07) is 1.74. The van der Waals surface area contributed by atoms with E-state index >= 15 is 0 Å². The first-order valence-corrected chi connectivity index (χ1v) is 9.39. The van der Waals surface area contributed by atoms with Gasteiger partial charge in [0.05, 0.1) is 0 Å². The third-order valence-electron chi connectivity index (χ3n) is 3.64. The summed E-state index contributed by atoms with van der Waals surface area (Å²) in [6.45, 7) is -0.0589. The SMILES string of the molecule is CSC1CCCC1NS(=O)(=O)c1cc(CN)cc(F)c1F. The average molecular weight is 336 g/mol. The van der Waals surface area contributed by atoms with Crippen molar-refractivity contribution in [3.8, 4) is 0 Å². The van der Waals surface area contributed by atoms with Crippen LogP contribution in [0, 0.1) is 11.6 Å². The van der Waals surface area contributed by atoms with E-state index in [1.54, 1.807) is 11.8 Å². The van der Waals surface area contributed by atoms with Crippen molar-refractivity contribution in [2.24, 2.45) is 5.73 Å². The number of hydrogen-bond donors (Lipinski definition) is 2. The Morgan fingerprint density at radius 3 is 2.71 bits per heavy atom. The molecule has 1 fully saturated rings. The molecule has 0 aromatic heterocycles. The molecule has 2 rings (SSSR count). The zero-order valence-electron chi connectivity index (χ0n) is 11.6. The molecular weight excluding hydrogens is 318 g/mol. The fraction of sp³-hybridized carbons (Fsp3) is 0.538. The first-order valence-electron chi connectivity index (χ1n) is 6.62. The Morgan fingerprint density at radius 1 is 1.38 bits per heavy atom. The number of rotatable bonds is 5. The number of halogens is 2. The monoisotopic (exact) mass is 336 g/mol. The highest BCUT2D eigenvalue weighted by molar-refractivity contribution is 7.99. The van der Waals surface area contributed by atoms with E-state index < -0.39 is 26.6 Å². The van der Waals surface area contributed by atoms with E-state index in [1.807, 2.05) is 6.26 Å². The van der Waals surface area contributed by atoms with Gasteiger partial charge in [0.25, 0.3) is 0 Å². The van der Waals surface area contributed by atoms with Crippen molar-refractivity contribution in [2.75, 3.05) is 6.26 Å². The summed E-state index contributed by atoms with van der Waals surface area (Å²) in [7, 11) is -4.11. The second kappa shape index (κ2) is 6.60. The van der Waals surface area contributed by atoms with Gasteiger partial charge in [-0.15, -0.1) is 0 Å². The molecule has 0 aliphatic heterocycles. The lowest BCUT2D eigenvalue weighted by atomic mass is 10.2. The van der Waals surface area contributed by atoms with Gasteiger partial charge in [0.2, 0.25) is 10.0 Å². The summed E-state index contributed by atoms with van der Waals surface area (Å²) >= 11 is 1.58. The summed E-state index contributed by atoms with van der Waals surface area (Å²) in [5.41, 5.74) is 5.62. The molecule has 1 aromatic carbocycles. The third-order valence-corrected chi connectivity index (χ3v) is 6.30. The van der Waals surface area contributed by atoms with E-state index in [9.17, 15) is 17.2 Å². The lowest BCUT2D eigenvalue weighted by Crippen LogP contribution is -2.39. The zero-order valence-corrected chi connectivity index (χ0v) is 13.2. The van der Waals surface area contributed by atoms with Crippen LogP contribution in [0.3, 0.4) is 0 Å². The van der Waals surface area contributed by atoms with Crippen LogP contribution in [-0.4, -0.2) is 26.0 Å². The Labute approximate surface area is 127 Å². The van der Waals surface area contributed by atoms with Gasteiger partial charge in [-0.25, -0.2) is 21.9 Å². The fourth-order valence-electron chi connectivity index (χ4n) is 2.54. The summed E-state index contributed by atoms with van der Waals surface area (Å²) in [5.74, 6) is -2.57. The van der Waals surface area contributed by atoms with Crippen LogP contribution in [0.5, 0.6) is 0 Å². The molecule has 0 radical (unpaired) electrons. The van der Waals surface area contributed by atoms with Crippen molar-refractivity contribution in [2.45, 2.75) is 42.0 Å². The molecule has 0 bridgehead atoms. The number of nitrogens with two attached hydrogens (primary N) is 1. The van der Waals surface area contributed by atoms with Crippen molar-refractivity contribution in [1.29, 1.82) is 0 Å². The molecule has 0 spiro atoms. The number of hydrogen-bond acceptors (Lipinski definition) is 4. The van der Waals surface area contributed by atoms with Crippen molar-refractivity contribution in [3.05, 3.63) is 29.3 Å². The van der Waals surface area contributed by atoms with Gasteiger partial charge in [-0.3, -0.25) is 0 Å². The second-order valence-corrected chi connectivity index (χ2v) is 7.79. The van der Waals surface area contributed by atoms with Crippen LogP contribution in [-0.2, 0) is 16.6 Å². The standard InChI is InChI=1S/C13H18F2N2O2S2/c1-20-11-4-2-3-10(11)17-21(18,19)12-6-8(7-16)5-9(14)13(12)15/h5-6,10-11,17H,2-4,7,16H2,1H3. The van der Waals surface area contributed by atoms with Crippen molar-refractivity contribution >= 4 is 21.8 Å². The smallest absolute Gasteiger partial charge is 0.243 e. The minimum atomic E-state index is -4.11. The molecule has 0 heterocycles. The molecule has 21 heavy (non-hydrogen) atoms. The summed E-state index contributed by atoms with van der Waals surface area (Å²) < 4.78 is 54.5. The molecule has 0 saturated heterocycles. The Morgan fingerprint density at radius 2 is 2.10 bits per heavy atom. The Balaban J connectivity index is 2.33. The maximum atomic E-state index is 13.8. The van der Waals surface area contributed by atoms with Crippen LogP contribution < -0.4 is 10.5 Å². The minimum absolute atomic E-state index is 0.0589. The molecule has 2 atom stereocenters. The van der Waals surface area contributed by atoms with Gasteiger partial charge in [0.15, 0.2) is 11.6 Å². The van der Waals surface area contributed by atoms with Gasteiger partial charge in [-0.2, -0.15) is 11.8 Å². The maximum Gasteiger partial charge on any atom is 0.243 e. The van der Waals surface area contributed by atoms with E-state index in [2.05, 4.69) is 4.72 Å². The van der Waals surface area contributed by atoms with Crippen LogP contribution in [0.1, 0.15) is 24.8 Å². The maximum absolute atomic E-state index is 13.8. The van der Waals surface area contributed by atoms with Crippen LogP contribution in [0.15, 0.2) is 17.0 Å².